The maximum Gasteiger partial charge on any atom is 0.410 e. The van der Waals surface area contributed by atoms with Crippen LogP contribution in [0.5, 0.6) is 0 Å². The van der Waals surface area contributed by atoms with Crippen molar-refractivity contribution in [1.29, 1.82) is 0 Å². The Kier molecular flexibility index (Phi) is 7.23. The number of hydrogen-bond donors (Lipinski definition) is 0. The molecule has 1 aliphatic rings. The van der Waals surface area contributed by atoms with Crippen molar-refractivity contribution in [2.24, 2.45) is 0 Å². The molecule has 0 radical (unpaired) electrons. The summed E-state index contributed by atoms with van der Waals surface area (Å²) in [5, 5.41) is -0.00217. The van der Waals surface area contributed by atoms with Crippen LogP contribution in [0.4, 0.5) is 4.79 Å². The van der Waals surface area contributed by atoms with Gasteiger partial charge >= 0.3 is 6.09 Å². The van der Waals surface area contributed by atoms with Gasteiger partial charge in [-0.15, -0.1) is 0 Å². The van der Waals surface area contributed by atoms with Crippen LogP contribution >= 0.6 is 0 Å². The van der Waals surface area contributed by atoms with Crippen LogP contribution in [0.15, 0.2) is 0 Å². The molecule has 0 spiro atoms. The van der Waals surface area contributed by atoms with E-state index in [2.05, 4.69) is 33.9 Å². The standard InChI is InChI=1S/C18H37NO6SSi/c1-13(24-26(8,21)22)15-14(25-27(9,10)18(5,6)7)11-12-19(15)16(20)23-17(2,3)4/h13-15H,11-12H2,1-10H3/t13-,14+,15+/m0/s1. The van der Waals surface area contributed by atoms with E-state index in [4.69, 9.17) is 13.3 Å². The normalized spacial score (nSPS) is 23.4. The summed E-state index contributed by atoms with van der Waals surface area (Å²) in [5.74, 6) is 0. The molecule has 1 saturated heterocycles. The van der Waals surface area contributed by atoms with Gasteiger partial charge in [0.25, 0.3) is 10.1 Å². The number of nitrogens with zero attached hydrogens (tertiary/aromatic N) is 1. The zero-order valence-corrected chi connectivity index (χ0v) is 20.3. The zero-order valence-electron chi connectivity index (χ0n) is 18.5. The van der Waals surface area contributed by atoms with E-state index in [9.17, 15) is 13.2 Å². The zero-order chi connectivity index (χ0) is 21.4. The molecule has 0 unspecified atom stereocenters. The molecule has 1 rings (SSSR count). The fraction of sp³-hybridized carbons (Fsp3) is 0.944. The van der Waals surface area contributed by atoms with Crippen molar-refractivity contribution in [2.45, 2.75) is 96.9 Å². The third kappa shape index (κ3) is 7.03. The van der Waals surface area contributed by atoms with Crippen LogP contribution in [0, 0.1) is 0 Å². The van der Waals surface area contributed by atoms with Gasteiger partial charge in [-0.1, -0.05) is 20.8 Å². The lowest BCUT2D eigenvalue weighted by atomic mass is 10.1. The minimum absolute atomic E-state index is 0.00217. The summed E-state index contributed by atoms with van der Waals surface area (Å²) in [6.45, 7) is 18.2. The summed E-state index contributed by atoms with van der Waals surface area (Å²) >= 11 is 0. The van der Waals surface area contributed by atoms with Gasteiger partial charge in [0.1, 0.15) is 5.60 Å². The lowest BCUT2D eigenvalue weighted by Gasteiger charge is -2.41. The SMILES string of the molecule is C[C@H](OS(C)(=O)=O)[C@@H]1[C@H](O[Si](C)(C)C(C)(C)C)CCN1C(=O)OC(C)(C)C. The van der Waals surface area contributed by atoms with Crippen LogP contribution in [0.25, 0.3) is 0 Å². The number of likely N-dealkylation sites (tertiary alicyclic amines) is 1. The molecular weight excluding hydrogens is 386 g/mol. The highest BCUT2D eigenvalue weighted by atomic mass is 32.2. The average molecular weight is 424 g/mol. The van der Waals surface area contributed by atoms with Gasteiger partial charge in [-0.05, 0) is 52.2 Å². The first-order valence-corrected chi connectivity index (χ1v) is 14.1. The fourth-order valence-corrected chi connectivity index (χ4v) is 4.93. The van der Waals surface area contributed by atoms with E-state index in [1.165, 1.54) is 0 Å². The van der Waals surface area contributed by atoms with Crippen molar-refractivity contribution < 1.29 is 26.6 Å². The largest absolute Gasteiger partial charge is 0.444 e. The second-order valence-corrected chi connectivity index (χ2v) is 16.2. The fourth-order valence-electron chi connectivity index (χ4n) is 2.89. The van der Waals surface area contributed by atoms with Crippen molar-refractivity contribution in [2.75, 3.05) is 12.8 Å². The van der Waals surface area contributed by atoms with E-state index >= 15 is 0 Å². The first-order chi connectivity index (χ1) is 11.8. The maximum absolute atomic E-state index is 12.7. The topological polar surface area (TPSA) is 82.1 Å². The van der Waals surface area contributed by atoms with Gasteiger partial charge in [0.05, 0.1) is 24.5 Å². The highest BCUT2D eigenvalue weighted by Crippen LogP contribution is 2.40. The molecule has 0 N–H and O–H groups in total. The molecule has 1 fully saturated rings. The molecule has 0 aromatic carbocycles. The summed E-state index contributed by atoms with van der Waals surface area (Å²) in [4.78, 5) is 14.3. The first-order valence-electron chi connectivity index (χ1n) is 9.40. The lowest BCUT2D eigenvalue weighted by Crippen LogP contribution is -2.53. The number of carbonyl (C=O) groups is 1. The predicted molar refractivity (Wildman–Crippen MR) is 109 cm³/mol. The first kappa shape index (κ1) is 24.4. The molecular formula is C18H37NO6SSi. The van der Waals surface area contributed by atoms with Gasteiger partial charge in [0.2, 0.25) is 0 Å². The highest BCUT2D eigenvalue weighted by molar-refractivity contribution is 7.86. The number of amides is 1. The second kappa shape index (κ2) is 8.00. The number of rotatable bonds is 5. The van der Waals surface area contributed by atoms with Crippen molar-refractivity contribution in [3.63, 3.8) is 0 Å². The average Bonchev–Trinajstić information content (AvgIpc) is 2.76. The Morgan fingerprint density at radius 1 is 1.15 bits per heavy atom. The van der Waals surface area contributed by atoms with Gasteiger partial charge in [0.15, 0.2) is 8.32 Å². The third-order valence-electron chi connectivity index (χ3n) is 5.08. The Balaban J connectivity index is 3.14. The molecule has 160 valence electrons. The van der Waals surface area contributed by atoms with Crippen LogP contribution in [0.2, 0.25) is 18.1 Å². The molecule has 3 atom stereocenters. The van der Waals surface area contributed by atoms with Crippen molar-refractivity contribution in [3.05, 3.63) is 0 Å². The Morgan fingerprint density at radius 3 is 2.07 bits per heavy atom. The van der Waals surface area contributed by atoms with E-state index in [0.717, 1.165) is 6.26 Å². The third-order valence-corrected chi connectivity index (χ3v) is 10.2. The van der Waals surface area contributed by atoms with Crippen LogP contribution in [0.1, 0.15) is 54.9 Å². The van der Waals surface area contributed by atoms with Crippen LogP contribution in [-0.4, -0.2) is 64.4 Å². The minimum atomic E-state index is -3.66. The second-order valence-electron chi connectivity index (χ2n) is 9.88. The summed E-state index contributed by atoms with van der Waals surface area (Å²) < 4.78 is 40.6. The molecule has 9 heteroatoms. The van der Waals surface area contributed by atoms with Gasteiger partial charge in [-0.2, -0.15) is 8.42 Å². The molecule has 1 aliphatic heterocycles. The maximum atomic E-state index is 12.7. The Bertz CT molecular complexity index is 635. The van der Waals surface area contributed by atoms with E-state index in [-0.39, 0.29) is 11.1 Å². The van der Waals surface area contributed by atoms with Gasteiger partial charge < -0.3 is 9.16 Å². The predicted octanol–water partition coefficient (Wildman–Crippen LogP) is 3.75. The quantitative estimate of drug-likeness (QED) is 0.495. The van der Waals surface area contributed by atoms with Gasteiger partial charge in [-0.3, -0.25) is 9.08 Å². The van der Waals surface area contributed by atoms with Gasteiger partial charge in [-0.25, -0.2) is 4.79 Å². The van der Waals surface area contributed by atoms with E-state index in [1.54, 1.807) is 32.6 Å². The van der Waals surface area contributed by atoms with Crippen molar-refractivity contribution in [1.82, 2.24) is 4.90 Å². The Hall–Kier alpha value is -0.643. The molecule has 7 nitrogen and oxygen atoms in total. The van der Waals surface area contributed by atoms with Crippen molar-refractivity contribution >= 4 is 24.5 Å². The molecule has 1 heterocycles. The summed E-state index contributed by atoms with van der Waals surface area (Å²) in [6.07, 6.45) is 0.131. The molecule has 0 aromatic rings. The molecule has 0 saturated carbocycles. The van der Waals surface area contributed by atoms with Gasteiger partial charge in [0, 0.05) is 6.54 Å². The molecule has 0 aliphatic carbocycles. The minimum Gasteiger partial charge on any atom is -0.444 e. The molecule has 0 bridgehead atoms. The van der Waals surface area contributed by atoms with E-state index in [1.807, 2.05) is 0 Å². The lowest BCUT2D eigenvalue weighted by molar-refractivity contribution is -0.00203. The van der Waals surface area contributed by atoms with Crippen molar-refractivity contribution in [3.8, 4) is 0 Å². The Morgan fingerprint density at radius 2 is 1.67 bits per heavy atom. The Labute approximate surface area is 166 Å². The van der Waals surface area contributed by atoms with Crippen LogP contribution < -0.4 is 0 Å². The molecule has 0 aromatic heterocycles. The smallest absolute Gasteiger partial charge is 0.410 e. The molecule has 1 amide bonds. The summed E-state index contributed by atoms with van der Waals surface area (Å²) in [6, 6.07) is -0.524. The number of hydrogen-bond acceptors (Lipinski definition) is 6. The summed E-state index contributed by atoms with van der Waals surface area (Å²) in [5.41, 5.74) is -0.638. The number of carbonyl (C=O) groups excluding carboxylic acids is 1. The van der Waals surface area contributed by atoms with E-state index in [0.29, 0.717) is 13.0 Å². The molecule has 27 heavy (non-hydrogen) atoms. The monoisotopic (exact) mass is 423 g/mol. The number of ether oxygens (including phenoxy) is 1. The van der Waals surface area contributed by atoms with Crippen LogP contribution in [0.3, 0.4) is 0 Å². The van der Waals surface area contributed by atoms with Crippen LogP contribution in [-0.2, 0) is 23.5 Å². The summed E-state index contributed by atoms with van der Waals surface area (Å²) in [7, 11) is -5.77. The van der Waals surface area contributed by atoms with E-state index < -0.39 is 42.3 Å². The highest BCUT2D eigenvalue weighted by Gasteiger charge is 2.48.